The van der Waals surface area contributed by atoms with Crippen molar-refractivity contribution in [1.82, 2.24) is 5.32 Å². The highest BCUT2D eigenvalue weighted by Gasteiger charge is 2.26. The number of thioether (sulfide) groups is 1. The molecule has 19 heavy (non-hydrogen) atoms. The van der Waals surface area contributed by atoms with E-state index in [2.05, 4.69) is 36.5 Å². The summed E-state index contributed by atoms with van der Waals surface area (Å²) in [7, 11) is 0. The maximum absolute atomic E-state index is 11.3. The minimum atomic E-state index is -0.219. The summed E-state index contributed by atoms with van der Waals surface area (Å²) in [6.45, 7) is 2.11. The van der Waals surface area contributed by atoms with Gasteiger partial charge in [-0.25, -0.2) is 0 Å². The zero-order valence-corrected chi connectivity index (χ0v) is 12.2. The summed E-state index contributed by atoms with van der Waals surface area (Å²) in [5, 5.41) is 3.31. The fraction of sp³-hybridized carbons (Fsp3) is 0.533. The largest absolute Gasteiger partial charge is 0.368 e. The number of rotatable bonds is 8. The van der Waals surface area contributed by atoms with E-state index in [-0.39, 0.29) is 11.9 Å². The number of benzene rings is 1. The molecule has 1 aliphatic rings. The third kappa shape index (κ3) is 5.25. The molecule has 0 heterocycles. The molecule has 0 radical (unpaired) electrons. The van der Waals surface area contributed by atoms with Crippen LogP contribution in [0, 0.1) is 6.92 Å². The van der Waals surface area contributed by atoms with Crippen LogP contribution in [0.4, 0.5) is 0 Å². The van der Waals surface area contributed by atoms with Crippen LogP contribution in [-0.4, -0.2) is 23.7 Å². The van der Waals surface area contributed by atoms with E-state index in [1.54, 1.807) is 0 Å². The number of primary amides is 1. The van der Waals surface area contributed by atoms with E-state index in [4.69, 9.17) is 5.73 Å². The van der Waals surface area contributed by atoms with Crippen molar-refractivity contribution in [2.24, 2.45) is 5.73 Å². The standard InChI is InChI=1S/C15H22N2OS/c1-11-3-2-4-12(9-11)10-19-8-7-14(15(16)18)17-13-5-6-13/h2-4,9,13-14,17H,5-8,10H2,1H3,(H2,16,18). The van der Waals surface area contributed by atoms with Gasteiger partial charge in [0.15, 0.2) is 0 Å². The molecule has 0 saturated heterocycles. The smallest absolute Gasteiger partial charge is 0.234 e. The lowest BCUT2D eigenvalue weighted by Gasteiger charge is -2.14. The van der Waals surface area contributed by atoms with E-state index in [0.717, 1.165) is 17.9 Å². The summed E-state index contributed by atoms with van der Waals surface area (Å²) in [5.74, 6) is 1.74. The van der Waals surface area contributed by atoms with Gasteiger partial charge in [-0.2, -0.15) is 11.8 Å². The van der Waals surface area contributed by atoms with Gasteiger partial charge in [0, 0.05) is 11.8 Å². The predicted octanol–water partition coefficient (Wildman–Crippen LogP) is 2.22. The Balaban J connectivity index is 1.68. The van der Waals surface area contributed by atoms with Crippen molar-refractivity contribution < 1.29 is 4.79 Å². The number of amides is 1. The van der Waals surface area contributed by atoms with Crippen LogP contribution in [0.25, 0.3) is 0 Å². The number of carbonyl (C=O) groups excluding carboxylic acids is 1. The highest BCUT2D eigenvalue weighted by Crippen LogP contribution is 2.21. The second-order valence-electron chi connectivity index (χ2n) is 5.23. The Kier molecular flexibility index (Phi) is 5.28. The summed E-state index contributed by atoms with van der Waals surface area (Å²) in [6, 6.07) is 8.93. The average molecular weight is 278 g/mol. The number of carbonyl (C=O) groups is 1. The van der Waals surface area contributed by atoms with Crippen LogP contribution >= 0.6 is 11.8 Å². The quantitative estimate of drug-likeness (QED) is 0.717. The minimum absolute atomic E-state index is 0.155. The molecule has 1 aromatic rings. The van der Waals surface area contributed by atoms with Crippen molar-refractivity contribution in [3.05, 3.63) is 35.4 Å². The average Bonchev–Trinajstić information content (AvgIpc) is 3.17. The Morgan fingerprint density at radius 2 is 2.32 bits per heavy atom. The van der Waals surface area contributed by atoms with Gasteiger partial charge in [-0.1, -0.05) is 29.8 Å². The topological polar surface area (TPSA) is 55.1 Å². The highest BCUT2D eigenvalue weighted by molar-refractivity contribution is 7.98. The van der Waals surface area contributed by atoms with E-state index in [9.17, 15) is 4.79 Å². The van der Waals surface area contributed by atoms with Gasteiger partial charge in [0.2, 0.25) is 5.91 Å². The third-order valence-electron chi connectivity index (χ3n) is 3.26. The van der Waals surface area contributed by atoms with Crippen LogP contribution in [-0.2, 0) is 10.5 Å². The van der Waals surface area contributed by atoms with Gasteiger partial charge in [-0.15, -0.1) is 0 Å². The van der Waals surface area contributed by atoms with Gasteiger partial charge < -0.3 is 11.1 Å². The molecule has 1 amide bonds. The highest BCUT2D eigenvalue weighted by atomic mass is 32.2. The Hall–Kier alpha value is -1.00. The van der Waals surface area contributed by atoms with Crippen LogP contribution in [0.5, 0.6) is 0 Å². The second kappa shape index (κ2) is 6.96. The Morgan fingerprint density at radius 1 is 1.53 bits per heavy atom. The van der Waals surface area contributed by atoms with Crippen LogP contribution in [0.15, 0.2) is 24.3 Å². The zero-order valence-electron chi connectivity index (χ0n) is 11.4. The first-order valence-corrected chi connectivity index (χ1v) is 7.99. The van der Waals surface area contributed by atoms with Crippen molar-refractivity contribution in [2.75, 3.05) is 5.75 Å². The maximum atomic E-state index is 11.3. The first-order chi connectivity index (χ1) is 9.15. The van der Waals surface area contributed by atoms with E-state index in [1.165, 1.54) is 24.0 Å². The number of nitrogens with one attached hydrogen (secondary N) is 1. The molecule has 0 aromatic heterocycles. The molecule has 0 bridgehead atoms. The third-order valence-corrected chi connectivity index (χ3v) is 4.32. The van der Waals surface area contributed by atoms with Crippen LogP contribution in [0.1, 0.15) is 30.4 Å². The first-order valence-electron chi connectivity index (χ1n) is 6.84. The van der Waals surface area contributed by atoms with Crippen molar-refractivity contribution in [3.63, 3.8) is 0 Å². The summed E-state index contributed by atoms with van der Waals surface area (Å²) in [5.41, 5.74) is 8.05. The molecule has 1 atom stereocenters. The molecule has 1 saturated carbocycles. The molecule has 3 nitrogen and oxygen atoms in total. The predicted molar refractivity (Wildman–Crippen MR) is 81.1 cm³/mol. The van der Waals surface area contributed by atoms with E-state index < -0.39 is 0 Å². The number of hydrogen-bond acceptors (Lipinski definition) is 3. The molecule has 0 spiro atoms. The fourth-order valence-electron chi connectivity index (χ4n) is 2.04. The molecule has 104 valence electrons. The minimum Gasteiger partial charge on any atom is -0.368 e. The number of aryl methyl sites for hydroxylation is 1. The van der Waals surface area contributed by atoms with Gasteiger partial charge >= 0.3 is 0 Å². The van der Waals surface area contributed by atoms with Crippen LogP contribution in [0.3, 0.4) is 0 Å². The first kappa shape index (κ1) is 14.4. The summed E-state index contributed by atoms with van der Waals surface area (Å²) in [6.07, 6.45) is 3.18. The lowest BCUT2D eigenvalue weighted by molar-refractivity contribution is -0.120. The van der Waals surface area contributed by atoms with Gasteiger partial charge in [0.05, 0.1) is 6.04 Å². The summed E-state index contributed by atoms with van der Waals surface area (Å²) < 4.78 is 0. The van der Waals surface area contributed by atoms with E-state index >= 15 is 0 Å². The molecule has 3 N–H and O–H groups in total. The summed E-state index contributed by atoms with van der Waals surface area (Å²) in [4.78, 5) is 11.3. The number of hydrogen-bond donors (Lipinski definition) is 2. The van der Waals surface area contributed by atoms with Crippen molar-refractivity contribution in [3.8, 4) is 0 Å². The van der Waals surface area contributed by atoms with Crippen molar-refractivity contribution in [1.29, 1.82) is 0 Å². The molecule has 1 aliphatic carbocycles. The van der Waals surface area contributed by atoms with E-state index in [1.807, 2.05) is 11.8 Å². The monoisotopic (exact) mass is 278 g/mol. The van der Waals surface area contributed by atoms with Gasteiger partial charge in [-0.3, -0.25) is 4.79 Å². The number of nitrogens with two attached hydrogens (primary N) is 1. The second-order valence-corrected chi connectivity index (χ2v) is 6.33. The van der Waals surface area contributed by atoms with Gasteiger partial charge in [-0.05, 0) is 37.5 Å². The SMILES string of the molecule is Cc1cccc(CSCCC(NC2CC2)C(N)=O)c1. The normalized spacial score (nSPS) is 16.3. The Morgan fingerprint density at radius 3 is 2.95 bits per heavy atom. The fourth-order valence-corrected chi connectivity index (χ4v) is 3.00. The van der Waals surface area contributed by atoms with E-state index in [0.29, 0.717) is 6.04 Å². The van der Waals surface area contributed by atoms with Crippen molar-refractivity contribution in [2.45, 2.75) is 44.0 Å². The molecule has 2 rings (SSSR count). The van der Waals surface area contributed by atoms with Gasteiger partial charge in [0.1, 0.15) is 0 Å². The lowest BCUT2D eigenvalue weighted by Crippen LogP contribution is -2.42. The van der Waals surface area contributed by atoms with Crippen molar-refractivity contribution >= 4 is 17.7 Å². The molecular weight excluding hydrogens is 256 g/mol. The molecule has 4 heteroatoms. The summed E-state index contributed by atoms with van der Waals surface area (Å²) >= 11 is 1.86. The molecule has 1 fully saturated rings. The Bertz CT molecular complexity index is 432. The zero-order chi connectivity index (χ0) is 13.7. The molecular formula is C15H22N2OS. The maximum Gasteiger partial charge on any atom is 0.234 e. The van der Waals surface area contributed by atoms with Gasteiger partial charge in [0.25, 0.3) is 0 Å². The lowest BCUT2D eigenvalue weighted by atomic mass is 10.2. The molecule has 0 aliphatic heterocycles. The van der Waals surface area contributed by atoms with Crippen LogP contribution < -0.4 is 11.1 Å². The molecule has 1 unspecified atom stereocenters. The Labute approximate surface area is 119 Å². The van der Waals surface area contributed by atoms with Crippen LogP contribution in [0.2, 0.25) is 0 Å². The molecule has 1 aromatic carbocycles.